The first kappa shape index (κ1) is 17.4. The Morgan fingerprint density at radius 2 is 1.92 bits per heavy atom. The summed E-state index contributed by atoms with van der Waals surface area (Å²) in [6, 6.07) is 14.4. The van der Waals surface area contributed by atoms with Gasteiger partial charge < -0.3 is 14.8 Å². The third-order valence-electron chi connectivity index (χ3n) is 3.44. The van der Waals surface area contributed by atoms with E-state index in [4.69, 9.17) is 9.47 Å². The fourth-order valence-electron chi connectivity index (χ4n) is 2.22. The Morgan fingerprint density at radius 3 is 2.65 bits per heavy atom. The highest BCUT2D eigenvalue weighted by Crippen LogP contribution is 2.24. The van der Waals surface area contributed by atoms with Crippen molar-refractivity contribution in [3.8, 4) is 17.2 Å². The molecule has 1 aromatic heterocycles. The van der Waals surface area contributed by atoms with Gasteiger partial charge in [0.2, 0.25) is 0 Å². The van der Waals surface area contributed by atoms with E-state index in [1.807, 2.05) is 25.1 Å². The number of hydrogen-bond acceptors (Lipinski definition) is 6. The van der Waals surface area contributed by atoms with E-state index in [1.165, 1.54) is 11.0 Å². The zero-order chi connectivity index (χ0) is 18.2. The van der Waals surface area contributed by atoms with Gasteiger partial charge in [-0.05, 0) is 53.2 Å². The molecule has 0 saturated carbocycles. The molecule has 3 aromatic rings. The van der Waals surface area contributed by atoms with E-state index in [0.717, 1.165) is 12.1 Å². The molecular formula is C18H19N5O3. The summed E-state index contributed by atoms with van der Waals surface area (Å²) < 4.78 is 12.7. The van der Waals surface area contributed by atoms with Crippen molar-refractivity contribution in [2.45, 2.75) is 13.3 Å². The lowest BCUT2D eigenvalue weighted by Gasteiger charge is -2.12. The number of hydrogen-bond donors (Lipinski definition) is 1. The summed E-state index contributed by atoms with van der Waals surface area (Å²) in [5, 5.41) is 13.8. The van der Waals surface area contributed by atoms with Gasteiger partial charge in [0.15, 0.2) is 6.61 Å². The van der Waals surface area contributed by atoms with Crippen LogP contribution in [0.4, 0.5) is 5.69 Å². The number of benzene rings is 2. The number of aromatic nitrogens is 4. The molecule has 0 radical (unpaired) electrons. The molecule has 1 N–H and O–H groups in total. The van der Waals surface area contributed by atoms with Crippen molar-refractivity contribution < 1.29 is 14.3 Å². The summed E-state index contributed by atoms with van der Waals surface area (Å²) in [7, 11) is 0. The average molecular weight is 353 g/mol. The third-order valence-corrected chi connectivity index (χ3v) is 3.44. The number of carbonyl (C=O) groups excluding carboxylic acids is 1. The highest BCUT2D eigenvalue weighted by molar-refractivity contribution is 5.93. The van der Waals surface area contributed by atoms with Gasteiger partial charge in [0, 0.05) is 0 Å². The Balaban J connectivity index is 1.54. The highest BCUT2D eigenvalue weighted by atomic mass is 16.5. The maximum Gasteiger partial charge on any atom is 0.262 e. The molecule has 0 unspecified atom stereocenters. The summed E-state index contributed by atoms with van der Waals surface area (Å²) in [6.45, 7) is 2.52. The van der Waals surface area contributed by atoms with Crippen LogP contribution in [0.1, 0.15) is 13.3 Å². The number of rotatable bonds is 8. The number of anilines is 1. The van der Waals surface area contributed by atoms with Crippen molar-refractivity contribution in [1.29, 1.82) is 0 Å². The van der Waals surface area contributed by atoms with Crippen LogP contribution in [0.5, 0.6) is 11.5 Å². The first-order chi connectivity index (χ1) is 12.8. The van der Waals surface area contributed by atoms with Crippen LogP contribution in [0.3, 0.4) is 0 Å². The minimum absolute atomic E-state index is 0.105. The molecule has 0 bridgehead atoms. The molecule has 0 fully saturated rings. The van der Waals surface area contributed by atoms with E-state index in [2.05, 4.69) is 20.8 Å². The van der Waals surface area contributed by atoms with Crippen LogP contribution in [0.2, 0.25) is 0 Å². The summed E-state index contributed by atoms with van der Waals surface area (Å²) in [5.41, 5.74) is 1.43. The Kier molecular flexibility index (Phi) is 5.76. The smallest absolute Gasteiger partial charge is 0.262 e. The molecule has 8 nitrogen and oxygen atoms in total. The van der Waals surface area contributed by atoms with E-state index in [0.29, 0.717) is 23.8 Å². The monoisotopic (exact) mass is 353 g/mol. The van der Waals surface area contributed by atoms with Crippen LogP contribution in [-0.2, 0) is 4.79 Å². The molecule has 8 heteroatoms. The SMILES string of the molecule is CCCOc1ccccc1NC(=O)COc1ccc(-n2cnnn2)cc1. The molecule has 0 saturated heterocycles. The summed E-state index contributed by atoms with van der Waals surface area (Å²) in [5.74, 6) is 0.961. The molecule has 2 aromatic carbocycles. The Hall–Kier alpha value is -3.42. The first-order valence-electron chi connectivity index (χ1n) is 8.24. The normalized spacial score (nSPS) is 10.3. The van der Waals surface area contributed by atoms with Crippen molar-refractivity contribution >= 4 is 11.6 Å². The van der Waals surface area contributed by atoms with Crippen LogP contribution in [-0.4, -0.2) is 39.3 Å². The second-order valence-corrected chi connectivity index (χ2v) is 5.43. The van der Waals surface area contributed by atoms with Gasteiger partial charge in [-0.1, -0.05) is 19.1 Å². The summed E-state index contributed by atoms with van der Waals surface area (Å²) in [4.78, 5) is 12.1. The number of carbonyl (C=O) groups is 1. The predicted octanol–water partition coefficient (Wildman–Crippen LogP) is 2.47. The first-order valence-corrected chi connectivity index (χ1v) is 8.24. The van der Waals surface area contributed by atoms with E-state index in [-0.39, 0.29) is 12.5 Å². The molecule has 134 valence electrons. The minimum Gasteiger partial charge on any atom is -0.491 e. The van der Waals surface area contributed by atoms with E-state index >= 15 is 0 Å². The van der Waals surface area contributed by atoms with Crippen molar-refractivity contribution in [2.75, 3.05) is 18.5 Å². The van der Waals surface area contributed by atoms with Crippen LogP contribution in [0.25, 0.3) is 5.69 Å². The number of nitrogens with one attached hydrogen (secondary N) is 1. The topological polar surface area (TPSA) is 91.2 Å². The van der Waals surface area contributed by atoms with Crippen molar-refractivity contribution in [3.05, 3.63) is 54.9 Å². The average Bonchev–Trinajstić information content (AvgIpc) is 3.21. The zero-order valence-electron chi connectivity index (χ0n) is 14.3. The van der Waals surface area contributed by atoms with Gasteiger partial charge in [0.25, 0.3) is 5.91 Å². The molecule has 0 spiro atoms. The van der Waals surface area contributed by atoms with Gasteiger partial charge in [-0.3, -0.25) is 4.79 Å². The molecular weight excluding hydrogens is 334 g/mol. The molecule has 1 amide bonds. The maximum atomic E-state index is 12.1. The molecule has 3 rings (SSSR count). The molecule has 1 heterocycles. The second kappa shape index (κ2) is 8.61. The molecule has 26 heavy (non-hydrogen) atoms. The van der Waals surface area contributed by atoms with Gasteiger partial charge >= 0.3 is 0 Å². The highest BCUT2D eigenvalue weighted by Gasteiger charge is 2.08. The molecule has 0 atom stereocenters. The summed E-state index contributed by atoms with van der Waals surface area (Å²) in [6.07, 6.45) is 2.40. The van der Waals surface area contributed by atoms with Crippen molar-refractivity contribution in [1.82, 2.24) is 20.2 Å². The fourth-order valence-corrected chi connectivity index (χ4v) is 2.22. The largest absolute Gasteiger partial charge is 0.491 e. The predicted molar refractivity (Wildman–Crippen MR) is 95.5 cm³/mol. The second-order valence-electron chi connectivity index (χ2n) is 5.43. The Morgan fingerprint density at radius 1 is 1.12 bits per heavy atom. The lowest BCUT2D eigenvalue weighted by Crippen LogP contribution is -2.20. The van der Waals surface area contributed by atoms with E-state index < -0.39 is 0 Å². The fraction of sp³-hybridized carbons (Fsp3) is 0.222. The van der Waals surface area contributed by atoms with Crippen LogP contribution in [0.15, 0.2) is 54.9 Å². The minimum atomic E-state index is -0.262. The Labute approximate surface area is 150 Å². The van der Waals surface area contributed by atoms with Crippen molar-refractivity contribution in [3.63, 3.8) is 0 Å². The number of para-hydroxylation sites is 2. The van der Waals surface area contributed by atoms with Crippen molar-refractivity contribution in [2.24, 2.45) is 0 Å². The quantitative estimate of drug-likeness (QED) is 0.669. The van der Waals surface area contributed by atoms with Gasteiger partial charge in [-0.15, -0.1) is 5.10 Å². The molecule has 0 aliphatic rings. The molecule has 0 aliphatic heterocycles. The van der Waals surface area contributed by atoms with Crippen LogP contribution < -0.4 is 14.8 Å². The number of amides is 1. The van der Waals surface area contributed by atoms with Gasteiger partial charge in [0.1, 0.15) is 17.8 Å². The van der Waals surface area contributed by atoms with Gasteiger partial charge in [-0.2, -0.15) is 0 Å². The standard InChI is InChI=1S/C18H19N5O3/c1-2-11-25-17-6-4-3-5-16(17)20-18(24)12-26-15-9-7-14(8-10-15)23-13-19-21-22-23/h3-10,13H,2,11-12H2,1H3,(H,20,24). The Bertz CT molecular complexity index is 834. The lowest BCUT2D eigenvalue weighted by molar-refractivity contribution is -0.118. The number of tetrazole rings is 1. The molecule has 0 aliphatic carbocycles. The number of ether oxygens (including phenoxy) is 2. The van der Waals surface area contributed by atoms with Crippen LogP contribution >= 0.6 is 0 Å². The number of nitrogens with zero attached hydrogens (tertiary/aromatic N) is 4. The van der Waals surface area contributed by atoms with E-state index in [9.17, 15) is 4.79 Å². The van der Waals surface area contributed by atoms with Crippen LogP contribution in [0, 0.1) is 0 Å². The third kappa shape index (κ3) is 4.56. The van der Waals surface area contributed by atoms with Gasteiger partial charge in [-0.25, -0.2) is 4.68 Å². The lowest BCUT2D eigenvalue weighted by atomic mass is 10.3. The summed E-state index contributed by atoms with van der Waals surface area (Å²) >= 11 is 0. The maximum absolute atomic E-state index is 12.1. The van der Waals surface area contributed by atoms with E-state index in [1.54, 1.807) is 30.3 Å². The van der Waals surface area contributed by atoms with Gasteiger partial charge in [0.05, 0.1) is 18.0 Å². The zero-order valence-corrected chi connectivity index (χ0v) is 14.3.